The van der Waals surface area contributed by atoms with E-state index in [1.807, 2.05) is 56.5 Å². The Morgan fingerprint density at radius 2 is 1.77 bits per heavy atom. The van der Waals surface area contributed by atoms with Crippen molar-refractivity contribution in [2.45, 2.75) is 78.2 Å². The SMILES string of the molecule is CCCCOC(=O)C(C(=O)c1ccc(CN(C)CCC2CCCCC2)cc1-c1ccccc1C)C(CCSC)C(=O)OC. The number of ether oxygens (including phenoxy) is 2. The smallest absolute Gasteiger partial charge is 0.317 e. The van der Waals surface area contributed by atoms with Crippen LogP contribution in [0.15, 0.2) is 42.5 Å². The third-order valence-corrected chi connectivity index (χ3v) is 9.34. The lowest BCUT2D eigenvalue weighted by Gasteiger charge is -2.26. The second kappa shape index (κ2) is 18.2. The van der Waals surface area contributed by atoms with Crippen LogP contribution < -0.4 is 0 Å². The van der Waals surface area contributed by atoms with Gasteiger partial charge in [-0.15, -0.1) is 0 Å². The first-order valence-corrected chi connectivity index (χ1v) is 17.3. The van der Waals surface area contributed by atoms with Crippen molar-refractivity contribution in [2.75, 3.05) is 39.3 Å². The summed E-state index contributed by atoms with van der Waals surface area (Å²) in [5.74, 6) is -2.37. The van der Waals surface area contributed by atoms with Gasteiger partial charge in [0.15, 0.2) is 5.78 Å². The Balaban J connectivity index is 1.98. The number of benzene rings is 2. The molecule has 0 saturated heterocycles. The Bertz CT molecular complexity index is 1190. The molecule has 1 aliphatic rings. The van der Waals surface area contributed by atoms with Gasteiger partial charge in [0, 0.05) is 12.1 Å². The zero-order valence-corrected chi connectivity index (χ0v) is 27.7. The minimum absolute atomic E-state index is 0.215. The second-order valence-corrected chi connectivity index (χ2v) is 13.0. The molecule has 6 nitrogen and oxygen atoms in total. The van der Waals surface area contributed by atoms with Crippen LogP contribution in [0.5, 0.6) is 0 Å². The molecule has 0 aliphatic heterocycles. The number of carbonyl (C=O) groups is 3. The van der Waals surface area contributed by atoms with Gasteiger partial charge in [-0.3, -0.25) is 14.4 Å². The summed E-state index contributed by atoms with van der Waals surface area (Å²) in [5.41, 5.74) is 4.29. The quantitative estimate of drug-likeness (QED) is 0.0786. The zero-order valence-electron chi connectivity index (χ0n) is 26.9. The molecule has 2 aromatic rings. The lowest BCUT2D eigenvalue weighted by Crippen LogP contribution is -2.38. The highest BCUT2D eigenvalue weighted by Crippen LogP contribution is 2.34. The Morgan fingerprint density at radius 3 is 2.44 bits per heavy atom. The zero-order chi connectivity index (χ0) is 31.2. The van der Waals surface area contributed by atoms with Gasteiger partial charge in [-0.05, 0) is 86.0 Å². The van der Waals surface area contributed by atoms with E-state index in [-0.39, 0.29) is 6.61 Å². The summed E-state index contributed by atoms with van der Waals surface area (Å²) >= 11 is 1.56. The lowest BCUT2D eigenvalue weighted by atomic mass is 9.81. The van der Waals surface area contributed by atoms with Gasteiger partial charge in [0.1, 0.15) is 5.92 Å². The molecule has 1 aliphatic carbocycles. The van der Waals surface area contributed by atoms with Crippen LogP contribution in [-0.2, 0) is 25.6 Å². The van der Waals surface area contributed by atoms with E-state index in [1.165, 1.54) is 45.6 Å². The van der Waals surface area contributed by atoms with Crippen LogP contribution in [0.3, 0.4) is 0 Å². The number of nitrogens with zero attached hydrogens (tertiary/aromatic N) is 1. The van der Waals surface area contributed by atoms with Crippen molar-refractivity contribution in [3.63, 3.8) is 0 Å². The molecule has 0 heterocycles. The van der Waals surface area contributed by atoms with Crippen LogP contribution >= 0.6 is 11.8 Å². The van der Waals surface area contributed by atoms with Crippen LogP contribution in [0.2, 0.25) is 0 Å². The number of rotatable bonds is 17. The molecule has 0 aromatic heterocycles. The van der Waals surface area contributed by atoms with Gasteiger partial charge in [-0.2, -0.15) is 11.8 Å². The maximum atomic E-state index is 14.4. The van der Waals surface area contributed by atoms with Crippen molar-refractivity contribution < 1.29 is 23.9 Å². The summed E-state index contributed by atoms with van der Waals surface area (Å²) in [7, 11) is 3.46. The van der Waals surface area contributed by atoms with Crippen molar-refractivity contribution in [1.29, 1.82) is 0 Å². The molecule has 0 bridgehead atoms. The molecule has 2 unspecified atom stereocenters. The molecule has 2 aromatic carbocycles. The first-order chi connectivity index (χ1) is 20.8. The number of thioether (sulfide) groups is 1. The van der Waals surface area contributed by atoms with Gasteiger partial charge in [0.25, 0.3) is 0 Å². The van der Waals surface area contributed by atoms with Gasteiger partial charge in [0.05, 0.1) is 19.6 Å². The molecule has 43 heavy (non-hydrogen) atoms. The maximum absolute atomic E-state index is 14.4. The topological polar surface area (TPSA) is 72.9 Å². The summed E-state index contributed by atoms with van der Waals surface area (Å²) < 4.78 is 10.7. The number of aryl methyl sites for hydroxylation is 1. The summed E-state index contributed by atoms with van der Waals surface area (Å²) in [6, 6.07) is 13.9. The fraction of sp³-hybridized carbons (Fsp3) is 0.583. The van der Waals surface area contributed by atoms with Crippen molar-refractivity contribution in [1.82, 2.24) is 4.90 Å². The number of ketones is 1. The molecular formula is C36H51NO5S. The van der Waals surface area contributed by atoms with Crippen LogP contribution in [0.4, 0.5) is 0 Å². The third kappa shape index (κ3) is 10.2. The Hall–Kier alpha value is -2.64. The summed E-state index contributed by atoms with van der Waals surface area (Å²) in [6.45, 7) is 6.05. The normalized spacial score (nSPS) is 15.2. The van der Waals surface area contributed by atoms with E-state index in [2.05, 4.69) is 18.0 Å². The highest BCUT2D eigenvalue weighted by atomic mass is 32.2. The second-order valence-electron chi connectivity index (χ2n) is 12.0. The highest BCUT2D eigenvalue weighted by molar-refractivity contribution is 7.98. The molecule has 0 amide bonds. The van der Waals surface area contributed by atoms with Crippen molar-refractivity contribution in [2.24, 2.45) is 17.8 Å². The van der Waals surface area contributed by atoms with Crippen LogP contribution in [0.1, 0.15) is 86.2 Å². The van der Waals surface area contributed by atoms with E-state index in [0.29, 0.717) is 24.2 Å². The molecule has 7 heteroatoms. The minimum Gasteiger partial charge on any atom is -0.469 e. The average Bonchev–Trinajstić information content (AvgIpc) is 3.02. The fourth-order valence-electron chi connectivity index (χ4n) is 6.12. The van der Waals surface area contributed by atoms with Crippen LogP contribution in [-0.4, -0.2) is 61.9 Å². The molecule has 1 fully saturated rings. The highest BCUT2D eigenvalue weighted by Gasteiger charge is 2.42. The Kier molecular flexibility index (Phi) is 14.8. The van der Waals surface area contributed by atoms with Gasteiger partial charge >= 0.3 is 11.9 Å². The predicted octanol–water partition coefficient (Wildman–Crippen LogP) is 7.75. The third-order valence-electron chi connectivity index (χ3n) is 8.70. The standard InChI is InChI=1S/C36H51NO5S/c1-6-7-22-42-36(40)33(31(20-23-43-5)35(39)41-4)34(38)30-18-17-28(24-32(30)29-16-12-11-13-26(29)2)25-37(3)21-19-27-14-9-8-10-15-27/h11-13,16-18,24,27,31,33H,6-10,14-15,19-23,25H2,1-5H3. The lowest BCUT2D eigenvalue weighted by molar-refractivity contribution is -0.157. The molecule has 0 N–H and O–H groups in total. The van der Waals surface area contributed by atoms with Crippen LogP contribution in [0, 0.1) is 24.7 Å². The van der Waals surface area contributed by atoms with Crippen molar-refractivity contribution in [3.05, 3.63) is 59.2 Å². The van der Waals surface area contributed by atoms with E-state index in [0.717, 1.165) is 47.7 Å². The van der Waals surface area contributed by atoms with E-state index in [1.54, 1.807) is 11.8 Å². The minimum atomic E-state index is -1.27. The van der Waals surface area contributed by atoms with Gasteiger partial charge in [-0.1, -0.05) is 81.8 Å². The fourth-order valence-corrected chi connectivity index (χ4v) is 6.61. The molecule has 236 valence electrons. The van der Waals surface area contributed by atoms with Crippen molar-refractivity contribution >= 4 is 29.5 Å². The largest absolute Gasteiger partial charge is 0.469 e. The molecule has 1 saturated carbocycles. The summed E-state index contributed by atoms with van der Waals surface area (Å²) in [4.78, 5) is 43.3. The summed E-state index contributed by atoms with van der Waals surface area (Å²) in [6.07, 6.45) is 11.8. The number of methoxy groups -OCH3 is 1. The molecule has 2 atom stereocenters. The van der Waals surface area contributed by atoms with E-state index >= 15 is 0 Å². The first-order valence-electron chi connectivity index (χ1n) is 16.0. The summed E-state index contributed by atoms with van der Waals surface area (Å²) in [5, 5.41) is 0. The average molecular weight is 610 g/mol. The Labute approximate surface area is 263 Å². The first kappa shape index (κ1) is 34.8. The number of esters is 2. The van der Waals surface area contributed by atoms with Crippen molar-refractivity contribution in [3.8, 4) is 11.1 Å². The molecule has 0 radical (unpaired) electrons. The van der Waals surface area contributed by atoms with Crippen LogP contribution in [0.25, 0.3) is 11.1 Å². The molecule has 0 spiro atoms. The van der Waals surface area contributed by atoms with E-state index < -0.39 is 29.6 Å². The number of hydrogen-bond acceptors (Lipinski definition) is 7. The number of Topliss-reactive ketones (excluding diaryl/α,β-unsaturated/α-hetero) is 1. The van der Waals surface area contributed by atoms with E-state index in [4.69, 9.17) is 9.47 Å². The van der Waals surface area contributed by atoms with E-state index in [9.17, 15) is 14.4 Å². The monoisotopic (exact) mass is 609 g/mol. The molecule has 3 rings (SSSR count). The Morgan fingerprint density at radius 1 is 1.02 bits per heavy atom. The van der Waals surface area contributed by atoms with Gasteiger partial charge < -0.3 is 14.4 Å². The van der Waals surface area contributed by atoms with Gasteiger partial charge in [-0.25, -0.2) is 0 Å². The number of hydrogen-bond donors (Lipinski definition) is 0. The maximum Gasteiger partial charge on any atom is 0.317 e. The van der Waals surface area contributed by atoms with Gasteiger partial charge in [0.2, 0.25) is 0 Å². The molecular weight excluding hydrogens is 558 g/mol. The number of carbonyl (C=O) groups excluding carboxylic acids is 3. The number of unbranched alkanes of at least 4 members (excludes halogenated alkanes) is 1. The predicted molar refractivity (Wildman–Crippen MR) is 176 cm³/mol.